The predicted octanol–water partition coefficient (Wildman–Crippen LogP) is 4.20. The van der Waals surface area contributed by atoms with Gasteiger partial charge in [-0.05, 0) is 33.1 Å². The molecule has 4 rings (SSSR count). The van der Waals surface area contributed by atoms with Crippen LogP contribution in [0.2, 0.25) is 0 Å². The van der Waals surface area contributed by atoms with E-state index in [4.69, 9.17) is 23.5 Å². The van der Waals surface area contributed by atoms with Crippen LogP contribution in [0, 0.1) is 0 Å². The number of benzene rings is 1. The minimum absolute atomic E-state index is 0.00620. The number of nitrogens with one attached hydrogen (secondary N) is 1. The Balaban J connectivity index is 1.56. The lowest BCUT2D eigenvalue weighted by Crippen LogP contribution is -2.56. The Morgan fingerprint density at radius 1 is 0.979 bits per heavy atom. The van der Waals surface area contributed by atoms with Crippen molar-refractivity contribution in [1.82, 2.24) is 25.1 Å². The van der Waals surface area contributed by atoms with E-state index in [0.717, 1.165) is 24.8 Å². The van der Waals surface area contributed by atoms with Gasteiger partial charge in [0.05, 0.1) is 32.1 Å². The fourth-order valence-electron chi connectivity index (χ4n) is 5.62. The molecule has 2 fully saturated rings. The Morgan fingerprint density at radius 3 is 2.29 bits per heavy atom. The van der Waals surface area contributed by atoms with E-state index in [-0.39, 0.29) is 56.6 Å². The molecule has 1 N–H and O–H groups in total. The van der Waals surface area contributed by atoms with Gasteiger partial charge in [0.25, 0.3) is 5.91 Å². The van der Waals surface area contributed by atoms with Crippen LogP contribution < -0.4 is 10.2 Å². The van der Waals surface area contributed by atoms with Crippen LogP contribution in [0.25, 0.3) is 11.4 Å². The Hall–Kier alpha value is -3.58. The van der Waals surface area contributed by atoms with Crippen molar-refractivity contribution >= 4 is 31.3 Å². The zero-order chi connectivity index (χ0) is 34.5. The summed E-state index contributed by atoms with van der Waals surface area (Å²) in [5.41, 5.74) is 0.832. The van der Waals surface area contributed by atoms with Crippen molar-refractivity contribution in [2.75, 3.05) is 77.3 Å². The van der Waals surface area contributed by atoms with Crippen LogP contribution in [-0.4, -0.2) is 122 Å². The molecule has 0 spiro atoms. The van der Waals surface area contributed by atoms with Gasteiger partial charge in [0.15, 0.2) is 5.82 Å². The number of carbonyl (C=O) groups excluding carboxylic acids is 3. The molecule has 2 atom stereocenters. The van der Waals surface area contributed by atoms with Gasteiger partial charge in [-0.1, -0.05) is 43.7 Å². The van der Waals surface area contributed by atoms with Crippen molar-refractivity contribution in [2.45, 2.75) is 58.6 Å². The number of amides is 3. The molecule has 264 valence electrons. The zero-order valence-corrected chi connectivity index (χ0v) is 29.4. The van der Waals surface area contributed by atoms with Crippen LogP contribution in [-0.2, 0) is 27.9 Å². The molecule has 0 radical (unpaired) electrons. The molecule has 15 heteroatoms. The molecular weight excluding hydrogens is 639 g/mol. The van der Waals surface area contributed by atoms with Crippen molar-refractivity contribution in [2.24, 2.45) is 0 Å². The summed E-state index contributed by atoms with van der Waals surface area (Å²) < 4.78 is 35.2. The Labute approximate surface area is 283 Å². The quantitative estimate of drug-likeness (QED) is 0.200. The monoisotopic (exact) mass is 688 g/mol. The maximum absolute atomic E-state index is 14.0. The second kappa shape index (κ2) is 18.3. The number of methoxy groups -OCH3 is 1. The molecule has 3 heterocycles. The number of piperazine rings is 1. The van der Waals surface area contributed by atoms with E-state index in [1.165, 1.54) is 0 Å². The topological polar surface area (TPSA) is 153 Å². The first kappa shape index (κ1) is 37.2. The minimum Gasteiger partial charge on any atom is -0.449 e. The smallest absolute Gasteiger partial charge is 0.409 e. The van der Waals surface area contributed by atoms with E-state index in [1.54, 1.807) is 36.8 Å². The number of hydrogen-bond donors (Lipinski definition) is 1. The lowest BCUT2D eigenvalue weighted by atomic mass is 10.1. The number of nitrogens with zero attached hydrogens (tertiary/aromatic N) is 5. The Morgan fingerprint density at radius 2 is 1.67 bits per heavy atom. The third kappa shape index (κ3) is 10.2. The summed E-state index contributed by atoms with van der Waals surface area (Å²) in [5.74, 6) is 0.0242. The summed E-state index contributed by atoms with van der Waals surface area (Å²) >= 11 is 0. The van der Waals surface area contributed by atoms with Crippen LogP contribution in [0.3, 0.4) is 0 Å². The number of ether oxygens (including phenoxy) is 2. The summed E-state index contributed by atoms with van der Waals surface area (Å²) in [6, 6.07) is 9.93. The summed E-state index contributed by atoms with van der Waals surface area (Å²) in [6.07, 6.45) is 2.09. The summed E-state index contributed by atoms with van der Waals surface area (Å²) in [4.78, 5) is 55.0. The molecule has 0 saturated carbocycles. The highest BCUT2D eigenvalue weighted by Crippen LogP contribution is 2.48. The van der Waals surface area contributed by atoms with Gasteiger partial charge < -0.3 is 38.5 Å². The van der Waals surface area contributed by atoms with Gasteiger partial charge in [-0.25, -0.2) is 14.8 Å². The first-order valence-corrected chi connectivity index (χ1v) is 18.5. The molecule has 1 aromatic heterocycles. The molecule has 2 aromatic rings. The molecule has 2 aliphatic rings. The maximum atomic E-state index is 14.0. The van der Waals surface area contributed by atoms with Crippen LogP contribution in [0.5, 0.6) is 0 Å². The number of aromatic nitrogens is 2. The molecule has 0 aliphatic carbocycles. The van der Waals surface area contributed by atoms with Crippen LogP contribution >= 0.6 is 7.60 Å². The van der Waals surface area contributed by atoms with Crippen LogP contribution in [0.4, 0.5) is 10.6 Å². The zero-order valence-electron chi connectivity index (χ0n) is 28.5. The molecule has 0 bridgehead atoms. The lowest BCUT2D eigenvalue weighted by Gasteiger charge is -2.36. The molecule has 1 aromatic carbocycles. The second-order valence-corrected chi connectivity index (χ2v) is 13.8. The highest BCUT2D eigenvalue weighted by molar-refractivity contribution is 7.53. The van der Waals surface area contributed by atoms with Crippen molar-refractivity contribution in [3.63, 3.8) is 0 Å². The van der Waals surface area contributed by atoms with E-state index in [1.807, 2.05) is 37.3 Å². The largest absolute Gasteiger partial charge is 0.449 e. The fourth-order valence-corrected chi connectivity index (χ4v) is 7.31. The van der Waals surface area contributed by atoms with E-state index < -0.39 is 25.6 Å². The van der Waals surface area contributed by atoms with Crippen molar-refractivity contribution in [1.29, 1.82) is 0 Å². The molecule has 14 nitrogen and oxygen atoms in total. The van der Waals surface area contributed by atoms with Crippen molar-refractivity contribution < 1.29 is 37.5 Å². The van der Waals surface area contributed by atoms with E-state index >= 15 is 0 Å². The fraction of sp³-hybridized carbons (Fsp3) is 0.606. The summed E-state index contributed by atoms with van der Waals surface area (Å²) in [6.45, 7) is 8.57. The molecule has 48 heavy (non-hydrogen) atoms. The third-order valence-electron chi connectivity index (χ3n) is 8.30. The van der Waals surface area contributed by atoms with E-state index in [2.05, 4.69) is 15.2 Å². The molecular formula is C33H49N6O8P. The van der Waals surface area contributed by atoms with Gasteiger partial charge in [0, 0.05) is 58.0 Å². The third-order valence-corrected chi connectivity index (χ3v) is 10.4. The molecule has 2 aliphatic heterocycles. The molecule has 2 unspecified atom stereocenters. The van der Waals surface area contributed by atoms with Crippen LogP contribution in [0.1, 0.15) is 56.9 Å². The molecule has 3 amide bonds. The minimum atomic E-state index is -3.52. The van der Waals surface area contributed by atoms with Crippen LogP contribution in [0.15, 0.2) is 36.4 Å². The Bertz CT molecular complexity index is 1400. The summed E-state index contributed by atoms with van der Waals surface area (Å²) in [5, 5.41) is 2.87. The van der Waals surface area contributed by atoms with E-state index in [0.29, 0.717) is 44.4 Å². The number of rotatable bonds is 16. The number of unbranched alkanes of at least 4 members (excludes halogenated alkanes) is 1. The first-order chi connectivity index (χ1) is 23.2. The highest BCUT2D eigenvalue weighted by atomic mass is 31.2. The Kier molecular flexibility index (Phi) is 14.2. The van der Waals surface area contributed by atoms with E-state index in [9.17, 15) is 18.9 Å². The van der Waals surface area contributed by atoms with Gasteiger partial charge in [0.2, 0.25) is 5.91 Å². The van der Waals surface area contributed by atoms with Gasteiger partial charge in [-0.15, -0.1) is 0 Å². The SMILES string of the molecule is CCCCOC(=O)N1CCN(C(=O)C(CCP(=O)(OCC)OCC)NC(=O)c2cc(N3CCC(OC)C3)nc(-c3ccccc3)n2)CC1. The number of hydrogen-bond acceptors (Lipinski definition) is 11. The second-order valence-electron chi connectivity index (χ2n) is 11.7. The van der Waals surface area contributed by atoms with Crippen molar-refractivity contribution in [3.8, 4) is 11.4 Å². The average Bonchev–Trinajstić information content (AvgIpc) is 3.60. The summed E-state index contributed by atoms with van der Waals surface area (Å²) in [7, 11) is -1.84. The van der Waals surface area contributed by atoms with Gasteiger partial charge in [-0.2, -0.15) is 0 Å². The normalized spacial score (nSPS) is 17.3. The van der Waals surface area contributed by atoms with Gasteiger partial charge in [0.1, 0.15) is 17.6 Å². The van der Waals surface area contributed by atoms with Gasteiger partial charge in [-0.3, -0.25) is 14.2 Å². The average molecular weight is 689 g/mol. The van der Waals surface area contributed by atoms with Crippen molar-refractivity contribution in [3.05, 3.63) is 42.1 Å². The lowest BCUT2D eigenvalue weighted by molar-refractivity contribution is -0.134. The maximum Gasteiger partial charge on any atom is 0.409 e. The highest BCUT2D eigenvalue weighted by Gasteiger charge is 2.34. The molecule has 2 saturated heterocycles. The first-order valence-electron chi connectivity index (χ1n) is 16.8. The predicted molar refractivity (Wildman–Crippen MR) is 181 cm³/mol. The standard InChI is InChI=1S/C33H49N6O8P/c1-5-8-21-45-33(42)38-19-17-37(18-20-38)32(41)27(15-22-48(43,46-6-2)47-7-3)35-31(40)28-23-29(39-16-14-26(24-39)44-4)36-30(34-28)25-12-10-9-11-13-25/h9-13,23,26-27H,5-8,14-22,24H2,1-4H3,(H,35,40). The van der Waals surface area contributed by atoms with Gasteiger partial charge >= 0.3 is 13.7 Å². The number of carbonyl (C=O) groups is 3. The number of anilines is 1.